The Morgan fingerprint density at radius 1 is 1.17 bits per heavy atom. The van der Waals surface area contributed by atoms with E-state index in [9.17, 15) is 0 Å². The molecule has 0 spiro atoms. The second-order valence-electron chi connectivity index (χ2n) is 6.15. The number of benzene rings is 1. The average molecular weight is 312 g/mol. The highest BCUT2D eigenvalue weighted by Gasteiger charge is 2.13. The van der Waals surface area contributed by atoms with Gasteiger partial charge in [-0.2, -0.15) is 5.10 Å². The fraction of sp³-hybridized carbons (Fsp3) is 0.412. The number of hydrogen-bond acceptors (Lipinski definition) is 5. The summed E-state index contributed by atoms with van der Waals surface area (Å²) in [6, 6.07) is 8.52. The number of rotatable bonds is 4. The van der Waals surface area contributed by atoms with Crippen molar-refractivity contribution >= 4 is 12.2 Å². The Morgan fingerprint density at radius 2 is 1.87 bits per heavy atom. The summed E-state index contributed by atoms with van der Waals surface area (Å²) in [5.74, 6) is 0.408. The van der Waals surface area contributed by atoms with Crippen LogP contribution in [0.4, 0.5) is 5.95 Å². The fourth-order valence-corrected chi connectivity index (χ4v) is 2.70. The fourth-order valence-electron chi connectivity index (χ4n) is 2.70. The molecule has 0 amide bonds. The first kappa shape index (κ1) is 15.7. The Kier molecular flexibility index (Phi) is 4.73. The van der Waals surface area contributed by atoms with Crippen molar-refractivity contribution in [2.24, 2.45) is 5.10 Å². The number of aryl methyl sites for hydroxylation is 1. The van der Waals surface area contributed by atoms with Crippen LogP contribution in [0.1, 0.15) is 16.8 Å². The summed E-state index contributed by atoms with van der Waals surface area (Å²) in [6.45, 7) is 7.49. The molecule has 1 fully saturated rings. The molecule has 6 nitrogen and oxygen atoms in total. The minimum Gasteiger partial charge on any atom is -0.368 e. The van der Waals surface area contributed by atoms with E-state index in [-0.39, 0.29) is 0 Å². The molecule has 23 heavy (non-hydrogen) atoms. The SMILES string of the molecule is Cc1cn(N=Cc2ccc(CN3CCN(C)CC3)cc2)c(N)n1. The van der Waals surface area contributed by atoms with Crippen LogP contribution < -0.4 is 5.73 Å². The maximum absolute atomic E-state index is 5.77. The normalized spacial score (nSPS) is 17.1. The third kappa shape index (κ3) is 4.18. The predicted octanol–water partition coefficient (Wildman–Crippen LogP) is 1.40. The zero-order chi connectivity index (χ0) is 16.2. The van der Waals surface area contributed by atoms with E-state index in [1.54, 1.807) is 10.9 Å². The van der Waals surface area contributed by atoms with Crippen LogP contribution in [-0.4, -0.2) is 58.9 Å². The lowest BCUT2D eigenvalue weighted by Gasteiger charge is -2.32. The molecule has 0 bridgehead atoms. The van der Waals surface area contributed by atoms with Gasteiger partial charge in [-0.05, 0) is 25.1 Å². The molecule has 0 aliphatic carbocycles. The lowest BCUT2D eigenvalue weighted by atomic mass is 10.1. The van der Waals surface area contributed by atoms with Crippen molar-refractivity contribution in [3.05, 3.63) is 47.3 Å². The van der Waals surface area contributed by atoms with Gasteiger partial charge in [0.05, 0.1) is 18.1 Å². The van der Waals surface area contributed by atoms with E-state index >= 15 is 0 Å². The van der Waals surface area contributed by atoms with Gasteiger partial charge in [0.1, 0.15) is 0 Å². The van der Waals surface area contributed by atoms with E-state index in [2.05, 4.69) is 51.2 Å². The average Bonchev–Trinajstić information content (AvgIpc) is 2.87. The van der Waals surface area contributed by atoms with Crippen LogP contribution in [0.2, 0.25) is 0 Å². The van der Waals surface area contributed by atoms with Gasteiger partial charge in [-0.15, -0.1) is 0 Å². The zero-order valence-electron chi connectivity index (χ0n) is 13.8. The molecular formula is C17H24N6. The van der Waals surface area contributed by atoms with Gasteiger partial charge < -0.3 is 10.6 Å². The molecule has 1 aromatic carbocycles. The standard InChI is InChI=1S/C17H24N6/c1-14-12-23(17(18)20-14)19-11-15-3-5-16(6-4-15)13-22-9-7-21(2)8-10-22/h3-6,11-12H,7-10,13H2,1-2H3,(H2,18,20). The number of imidazole rings is 1. The Hall–Kier alpha value is -2.18. The monoisotopic (exact) mass is 312 g/mol. The van der Waals surface area contributed by atoms with E-state index in [4.69, 9.17) is 5.73 Å². The predicted molar refractivity (Wildman–Crippen MR) is 93.6 cm³/mol. The van der Waals surface area contributed by atoms with Gasteiger partial charge in [-0.3, -0.25) is 4.90 Å². The topological polar surface area (TPSA) is 62.7 Å². The number of likely N-dealkylation sites (N-methyl/N-ethyl adjacent to an activating group) is 1. The summed E-state index contributed by atoms with van der Waals surface area (Å²) in [5, 5.41) is 4.34. The van der Waals surface area contributed by atoms with Crippen LogP contribution >= 0.6 is 0 Å². The number of hydrogen-bond donors (Lipinski definition) is 1. The molecule has 3 rings (SSSR count). The van der Waals surface area contributed by atoms with Crippen molar-refractivity contribution in [3.63, 3.8) is 0 Å². The van der Waals surface area contributed by atoms with E-state index in [1.807, 2.05) is 13.1 Å². The van der Waals surface area contributed by atoms with Gasteiger partial charge in [0.25, 0.3) is 0 Å². The first-order valence-electron chi connectivity index (χ1n) is 7.96. The highest BCUT2D eigenvalue weighted by molar-refractivity contribution is 5.79. The molecule has 1 aromatic heterocycles. The van der Waals surface area contributed by atoms with Crippen molar-refractivity contribution in [2.45, 2.75) is 13.5 Å². The third-order valence-corrected chi connectivity index (χ3v) is 4.15. The summed E-state index contributed by atoms with van der Waals surface area (Å²) in [5.41, 5.74) is 9.03. The number of piperazine rings is 1. The maximum Gasteiger partial charge on any atom is 0.221 e. The smallest absolute Gasteiger partial charge is 0.221 e. The van der Waals surface area contributed by atoms with Crippen LogP contribution in [0.25, 0.3) is 0 Å². The van der Waals surface area contributed by atoms with Crippen LogP contribution in [0.3, 0.4) is 0 Å². The van der Waals surface area contributed by atoms with Crippen molar-refractivity contribution in [1.82, 2.24) is 19.5 Å². The highest BCUT2D eigenvalue weighted by atomic mass is 15.4. The molecule has 0 saturated carbocycles. The molecular weight excluding hydrogens is 288 g/mol. The van der Waals surface area contributed by atoms with Gasteiger partial charge in [0.2, 0.25) is 5.95 Å². The van der Waals surface area contributed by atoms with Gasteiger partial charge in [0, 0.05) is 32.7 Å². The lowest BCUT2D eigenvalue weighted by Crippen LogP contribution is -2.43. The molecule has 1 aliphatic rings. The van der Waals surface area contributed by atoms with Crippen molar-refractivity contribution in [1.29, 1.82) is 0 Å². The molecule has 0 atom stereocenters. The number of anilines is 1. The quantitative estimate of drug-likeness (QED) is 0.867. The number of nitrogens with zero attached hydrogens (tertiary/aromatic N) is 5. The molecule has 1 aliphatic heterocycles. The zero-order valence-corrected chi connectivity index (χ0v) is 13.8. The molecule has 1 saturated heterocycles. The first-order valence-corrected chi connectivity index (χ1v) is 7.96. The van der Waals surface area contributed by atoms with Crippen LogP contribution in [0, 0.1) is 6.92 Å². The van der Waals surface area contributed by atoms with Gasteiger partial charge in [-0.25, -0.2) is 9.66 Å². The van der Waals surface area contributed by atoms with Crippen molar-refractivity contribution < 1.29 is 0 Å². The molecule has 2 aromatic rings. The lowest BCUT2D eigenvalue weighted by molar-refractivity contribution is 0.148. The molecule has 0 unspecified atom stereocenters. The maximum atomic E-state index is 5.77. The summed E-state index contributed by atoms with van der Waals surface area (Å²) in [7, 11) is 2.18. The van der Waals surface area contributed by atoms with Crippen LogP contribution in [-0.2, 0) is 6.54 Å². The Labute approximate surface area is 137 Å². The van der Waals surface area contributed by atoms with Crippen LogP contribution in [0.5, 0.6) is 0 Å². The van der Waals surface area contributed by atoms with E-state index in [1.165, 1.54) is 5.56 Å². The molecule has 2 N–H and O–H groups in total. The van der Waals surface area contributed by atoms with E-state index in [0.29, 0.717) is 5.95 Å². The summed E-state index contributed by atoms with van der Waals surface area (Å²) < 4.78 is 1.59. The molecule has 0 radical (unpaired) electrons. The molecule has 2 heterocycles. The number of nitrogens with two attached hydrogens (primary N) is 1. The van der Waals surface area contributed by atoms with E-state index < -0.39 is 0 Å². The second-order valence-corrected chi connectivity index (χ2v) is 6.15. The second kappa shape index (κ2) is 6.93. The van der Waals surface area contributed by atoms with Crippen LogP contribution in [0.15, 0.2) is 35.6 Å². The largest absolute Gasteiger partial charge is 0.368 e. The minimum atomic E-state index is 0.408. The Balaban J connectivity index is 1.59. The summed E-state index contributed by atoms with van der Waals surface area (Å²) >= 11 is 0. The minimum absolute atomic E-state index is 0.408. The Bertz CT molecular complexity index is 665. The van der Waals surface area contributed by atoms with Crippen molar-refractivity contribution in [3.8, 4) is 0 Å². The van der Waals surface area contributed by atoms with Crippen molar-refractivity contribution in [2.75, 3.05) is 39.0 Å². The summed E-state index contributed by atoms with van der Waals surface area (Å²) in [4.78, 5) is 9.00. The van der Waals surface area contributed by atoms with Gasteiger partial charge in [-0.1, -0.05) is 24.3 Å². The first-order chi connectivity index (χ1) is 11.1. The van der Waals surface area contributed by atoms with E-state index in [0.717, 1.165) is 44.0 Å². The highest BCUT2D eigenvalue weighted by Crippen LogP contribution is 2.09. The molecule has 6 heteroatoms. The summed E-state index contributed by atoms with van der Waals surface area (Å²) in [6.07, 6.45) is 3.62. The molecule has 122 valence electrons. The number of aromatic nitrogens is 2. The Morgan fingerprint density at radius 3 is 2.48 bits per heavy atom. The third-order valence-electron chi connectivity index (χ3n) is 4.15. The number of nitrogen functional groups attached to an aromatic ring is 1. The van der Waals surface area contributed by atoms with Gasteiger partial charge in [0.15, 0.2) is 0 Å². The van der Waals surface area contributed by atoms with Gasteiger partial charge >= 0.3 is 0 Å².